The summed E-state index contributed by atoms with van der Waals surface area (Å²) in [6.45, 7) is 1.96. The standard InChI is InChI=1S/C16H15BrN2O2/c1-11-7-8-12(9-14(11)17)16(20)19-18-10-13-5-3-4-6-15(13)21-2/h3-10H,1-2H3,(H,19,20)/b18-10+. The number of hydrazone groups is 1. The van der Waals surface area contributed by atoms with Gasteiger partial charge in [-0.15, -0.1) is 0 Å². The molecular weight excluding hydrogens is 332 g/mol. The fourth-order valence-electron chi connectivity index (χ4n) is 1.73. The maximum Gasteiger partial charge on any atom is 0.271 e. The van der Waals surface area contributed by atoms with Crippen molar-refractivity contribution < 1.29 is 9.53 Å². The van der Waals surface area contributed by atoms with E-state index in [1.54, 1.807) is 25.5 Å². The summed E-state index contributed by atoms with van der Waals surface area (Å²) < 4.78 is 6.10. The number of carbonyl (C=O) groups is 1. The van der Waals surface area contributed by atoms with Crippen molar-refractivity contribution in [2.75, 3.05) is 7.11 Å². The number of ether oxygens (including phenoxy) is 1. The van der Waals surface area contributed by atoms with Crippen molar-refractivity contribution in [1.29, 1.82) is 0 Å². The molecule has 0 atom stereocenters. The highest BCUT2D eigenvalue weighted by atomic mass is 79.9. The average molecular weight is 347 g/mol. The molecule has 2 aromatic carbocycles. The Morgan fingerprint density at radius 2 is 2.05 bits per heavy atom. The van der Waals surface area contributed by atoms with Gasteiger partial charge in [0.25, 0.3) is 5.91 Å². The Labute approximate surface area is 132 Å². The minimum absolute atomic E-state index is 0.262. The Morgan fingerprint density at radius 1 is 1.29 bits per heavy atom. The molecule has 0 fully saturated rings. The first kappa shape index (κ1) is 15.3. The number of nitrogens with one attached hydrogen (secondary N) is 1. The van der Waals surface area contributed by atoms with Crippen LogP contribution in [-0.2, 0) is 0 Å². The van der Waals surface area contributed by atoms with Gasteiger partial charge in [-0.05, 0) is 36.8 Å². The van der Waals surface area contributed by atoms with Gasteiger partial charge >= 0.3 is 0 Å². The molecule has 4 nitrogen and oxygen atoms in total. The normalized spacial score (nSPS) is 10.6. The number of hydrogen-bond acceptors (Lipinski definition) is 3. The molecule has 5 heteroatoms. The van der Waals surface area contributed by atoms with Crippen LogP contribution in [-0.4, -0.2) is 19.2 Å². The van der Waals surface area contributed by atoms with Crippen LogP contribution in [0.1, 0.15) is 21.5 Å². The second kappa shape index (κ2) is 7.04. The molecule has 0 unspecified atom stereocenters. The molecule has 0 aliphatic carbocycles. The van der Waals surface area contributed by atoms with E-state index in [2.05, 4.69) is 26.5 Å². The molecular formula is C16H15BrN2O2. The van der Waals surface area contributed by atoms with Crippen LogP contribution in [0, 0.1) is 6.92 Å². The Hall–Kier alpha value is -2.14. The molecule has 1 amide bonds. The number of benzene rings is 2. The van der Waals surface area contributed by atoms with Gasteiger partial charge in [-0.1, -0.05) is 34.1 Å². The number of amides is 1. The number of hydrogen-bond donors (Lipinski definition) is 1. The van der Waals surface area contributed by atoms with Gasteiger partial charge in [-0.2, -0.15) is 5.10 Å². The minimum Gasteiger partial charge on any atom is -0.496 e. The van der Waals surface area contributed by atoms with Crippen LogP contribution in [0.5, 0.6) is 5.75 Å². The van der Waals surface area contributed by atoms with Gasteiger partial charge in [-0.3, -0.25) is 4.79 Å². The molecule has 0 aliphatic rings. The quantitative estimate of drug-likeness (QED) is 0.680. The highest BCUT2D eigenvalue weighted by molar-refractivity contribution is 9.10. The molecule has 0 spiro atoms. The van der Waals surface area contributed by atoms with E-state index in [9.17, 15) is 4.79 Å². The molecule has 0 aromatic heterocycles. The summed E-state index contributed by atoms with van der Waals surface area (Å²) in [5, 5.41) is 3.96. The molecule has 108 valence electrons. The van der Waals surface area contributed by atoms with Crippen molar-refractivity contribution in [3.05, 3.63) is 63.6 Å². The number of carbonyl (C=O) groups excluding carboxylic acids is 1. The third-order valence-corrected chi connectivity index (χ3v) is 3.80. The Balaban J connectivity index is 2.06. The van der Waals surface area contributed by atoms with Crippen molar-refractivity contribution in [3.63, 3.8) is 0 Å². The van der Waals surface area contributed by atoms with Crippen molar-refractivity contribution in [2.24, 2.45) is 5.10 Å². The lowest BCUT2D eigenvalue weighted by molar-refractivity contribution is 0.0955. The molecule has 0 bridgehead atoms. The second-order valence-electron chi connectivity index (χ2n) is 4.41. The highest BCUT2D eigenvalue weighted by Gasteiger charge is 2.06. The van der Waals surface area contributed by atoms with Gasteiger partial charge in [0.1, 0.15) is 5.75 Å². The van der Waals surface area contributed by atoms with Crippen molar-refractivity contribution in [3.8, 4) is 5.75 Å². The van der Waals surface area contributed by atoms with Gasteiger partial charge in [0.15, 0.2) is 0 Å². The summed E-state index contributed by atoms with van der Waals surface area (Å²) in [5.41, 5.74) is 4.92. The maximum absolute atomic E-state index is 12.0. The second-order valence-corrected chi connectivity index (χ2v) is 5.26. The van der Waals surface area contributed by atoms with E-state index in [-0.39, 0.29) is 5.91 Å². The number of halogens is 1. The minimum atomic E-state index is -0.262. The smallest absolute Gasteiger partial charge is 0.271 e. The first-order valence-corrected chi connectivity index (χ1v) is 7.13. The van der Waals surface area contributed by atoms with Crippen LogP contribution >= 0.6 is 15.9 Å². The first-order valence-electron chi connectivity index (χ1n) is 6.34. The SMILES string of the molecule is COc1ccccc1/C=N/NC(=O)c1ccc(C)c(Br)c1. The third-order valence-electron chi connectivity index (χ3n) is 2.94. The highest BCUT2D eigenvalue weighted by Crippen LogP contribution is 2.17. The molecule has 0 saturated heterocycles. The third kappa shape index (κ3) is 3.92. The van der Waals surface area contributed by atoms with E-state index in [1.165, 1.54) is 0 Å². The zero-order valence-electron chi connectivity index (χ0n) is 11.8. The van der Waals surface area contributed by atoms with Gasteiger partial charge in [0.05, 0.1) is 13.3 Å². The zero-order chi connectivity index (χ0) is 15.2. The van der Waals surface area contributed by atoms with Crippen LogP contribution in [0.4, 0.5) is 0 Å². The van der Waals surface area contributed by atoms with Crippen LogP contribution in [0.15, 0.2) is 52.0 Å². The van der Waals surface area contributed by atoms with Gasteiger partial charge in [0.2, 0.25) is 0 Å². The van der Waals surface area contributed by atoms with Crippen LogP contribution in [0.25, 0.3) is 0 Å². The van der Waals surface area contributed by atoms with Crippen LogP contribution < -0.4 is 10.2 Å². The average Bonchev–Trinajstić information content (AvgIpc) is 2.50. The number of para-hydroxylation sites is 1. The summed E-state index contributed by atoms with van der Waals surface area (Å²) in [4.78, 5) is 12.0. The summed E-state index contributed by atoms with van der Waals surface area (Å²) >= 11 is 3.40. The number of rotatable bonds is 4. The monoisotopic (exact) mass is 346 g/mol. The molecule has 0 heterocycles. The van der Waals surface area contributed by atoms with E-state index >= 15 is 0 Å². The number of nitrogens with zero attached hydrogens (tertiary/aromatic N) is 1. The van der Waals surface area contributed by atoms with E-state index < -0.39 is 0 Å². The topological polar surface area (TPSA) is 50.7 Å². The fourth-order valence-corrected chi connectivity index (χ4v) is 2.11. The number of aryl methyl sites for hydroxylation is 1. The number of methoxy groups -OCH3 is 1. The van der Waals surface area contributed by atoms with Gasteiger partial charge in [-0.25, -0.2) is 5.43 Å². The molecule has 2 aromatic rings. The van der Waals surface area contributed by atoms with E-state index in [1.807, 2.05) is 37.3 Å². The zero-order valence-corrected chi connectivity index (χ0v) is 13.3. The lowest BCUT2D eigenvalue weighted by Gasteiger charge is -2.04. The predicted molar refractivity (Wildman–Crippen MR) is 86.9 cm³/mol. The molecule has 0 radical (unpaired) electrons. The predicted octanol–water partition coefficient (Wildman–Crippen LogP) is 3.53. The Bertz CT molecular complexity index is 684. The molecule has 0 saturated carbocycles. The van der Waals surface area contributed by atoms with Crippen molar-refractivity contribution in [2.45, 2.75) is 6.92 Å². The molecule has 2 rings (SSSR count). The summed E-state index contributed by atoms with van der Waals surface area (Å²) in [7, 11) is 1.59. The maximum atomic E-state index is 12.0. The first-order chi connectivity index (χ1) is 10.1. The largest absolute Gasteiger partial charge is 0.496 e. The Morgan fingerprint density at radius 3 is 2.76 bits per heavy atom. The van der Waals surface area contributed by atoms with E-state index in [0.717, 1.165) is 15.6 Å². The lowest BCUT2D eigenvalue weighted by Crippen LogP contribution is -2.17. The van der Waals surface area contributed by atoms with Gasteiger partial charge in [0, 0.05) is 15.6 Å². The molecule has 0 aliphatic heterocycles. The van der Waals surface area contributed by atoms with Gasteiger partial charge < -0.3 is 4.74 Å². The molecule has 1 N–H and O–H groups in total. The van der Waals surface area contributed by atoms with Crippen molar-refractivity contribution >= 4 is 28.1 Å². The van der Waals surface area contributed by atoms with E-state index in [4.69, 9.17) is 4.74 Å². The fraction of sp³-hybridized carbons (Fsp3) is 0.125. The molecule has 21 heavy (non-hydrogen) atoms. The van der Waals surface area contributed by atoms with Crippen molar-refractivity contribution in [1.82, 2.24) is 5.43 Å². The Kier molecular flexibility index (Phi) is 5.11. The summed E-state index contributed by atoms with van der Waals surface area (Å²) in [6, 6.07) is 12.8. The van der Waals surface area contributed by atoms with Crippen LogP contribution in [0.2, 0.25) is 0 Å². The van der Waals surface area contributed by atoms with E-state index in [0.29, 0.717) is 11.3 Å². The summed E-state index contributed by atoms with van der Waals surface area (Å²) in [5.74, 6) is 0.440. The lowest BCUT2D eigenvalue weighted by atomic mass is 10.1. The summed E-state index contributed by atoms with van der Waals surface area (Å²) in [6.07, 6.45) is 1.56. The van der Waals surface area contributed by atoms with Crippen LogP contribution in [0.3, 0.4) is 0 Å².